The van der Waals surface area contributed by atoms with E-state index in [2.05, 4.69) is 10.3 Å². The van der Waals surface area contributed by atoms with Crippen molar-refractivity contribution in [3.05, 3.63) is 42.7 Å². The van der Waals surface area contributed by atoms with E-state index in [1.54, 1.807) is 24.4 Å². The molecule has 0 spiro atoms. The summed E-state index contributed by atoms with van der Waals surface area (Å²) >= 11 is 1.43. The SMILES string of the molecule is CC(OC(=O)N1c2ccccc2Sc2cnccc21)C(=O)NC(CC(=O)O)C(=O)CF. The highest BCUT2D eigenvalue weighted by Gasteiger charge is 2.32. The number of alkyl halides is 1. The lowest BCUT2D eigenvalue weighted by atomic mass is 10.1. The van der Waals surface area contributed by atoms with Gasteiger partial charge in [0.1, 0.15) is 12.7 Å². The molecule has 9 nitrogen and oxygen atoms in total. The van der Waals surface area contributed by atoms with Crippen molar-refractivity contribution in [1.82, 2.24) is 10.3 Å². The van der Waals surface area contributed by atoms with Crippen molar-refractivity contribution in [3.8, 4) is 0 Å². The molecular weight excluding hydrogens is 429 g/mol. The number of hydrogen-bond acceptors (Lipinski definition) is 7. The maximum atomic E-state index is 13.0. The van der Waals surface area contributed by atoms with Gasteiger partial charge < -0.3 is 15.2 Å². The Balaban J connectivity index is 1.77. The molecule has 0 saturated carbocycles. The van der Waals surface area contributed by atoms with Crippen LogP contribution in [0.15, 0.2) is 52.5 Å². The number of pyridine rings is 1. The number of rotatable bonds is 7. The van der Waals surface area contributed by atoms with Gasteiger partial charge in [-0.15, -0.1) is 0 Å². The zero-order valence-electron chi connectivity index (χ0n) is 16.3. The van der Waals surface area contributed by atoms with E-state index < -0.39 is 49.0 Å². The molecule has 2 atom stereocenters. The van der Waals surface area contributed by atoms with Crippen LogP contribution in [0.1, 0.15) is 13.3 Å². The number of halogens is 1. The van der Waals surface area contributed by atoms with Crippen LogP contribution in [0.5, 0.6) is 0 Å². The number of carboxylic acid groups (broad SMARTS) is 1. The van der Waals surface area contributed by atoms with E-state index in [4.69, 9.17) is 9.84 Å². The van der Waals surface area contributed by atoms with Crippen molar-refractivity contribution < 1.29 is 33.4 Å². The first-order valence-corrected chi connectivity index (χ1v) is 9.96. The number of carboxylic acids is 1. The van der Waals surface area contributed by atoms with Crippen LogP contribution in [0, 0.1) is 0 Å². The van der Waals surface area contributed by atoms with Gasteiger partial charge in [0.15, 0.2) is 11.9 Å². The number of amides is 2. The van der Waals surface area contributed by atoms with Crippen LogP contribution >= 0.6 is 11.8 Å². The van der Waals surface area contributed by atoms with Gasteiger partial charge in [0.2, 0.25) is 0 Å². The number of ether oxygens (including phenoxy) is 1. The number of hydrogen-bond donors (Lipinski definition) is 2. The average molecular weight is 447 g/mol. The van der Waals surface area contributed by atoms with E-state index in [9.17, 15) is 23.6 Å². The molecule has 31 heavy (non-hydrogen) atoms. The van der Waals surface area contributed by atoms with Crippen LogP contribution in [0.4, 0.5) is 20.6 Å². The topological polar surface area (TPSA) is 126 Å². The monoisotopic (exact) mass is 447 g/mol. The third-order valence-electron chi connectivity index (χ3n) is 4.37. The summed E-state index contributed by atoms with van der Waals surface area (Å²) in [5.74, 6) is -3.39. The van der Waals surface area contributed by atoms with Gasteiger partial charge in [-0.05, 0) is 25.1 Å². The molecule has 2 heterocycles. The Labute approximate surface area is 180 Å². The molecule has 0 bridgehead atoms. The Morgan fingerprint density at radius 3 is 2.61 bits per heavy atom. The number of fused-ring (bicyclic) bond motifs is 2. The highest BCUT2D eigenvalue weighted by atomic mass is 32.2. The molecule has 1 aromatic heterocycles. The zero-order chi connectivity index (χ0) is 22.5. The van der Waals surface area contributed by atoms with Crippen LogP contribution in [0.3, 0.4) is 0 Å². The first-order chi connectivity index (χ1) is 14.8. The number of nitrogens with one attached hydrogen (secondary N) is 1. The third kappa shape index (κ3) is 5.00. The Morgan fingerprint density at radius 1 is 1.19 bits per heavy atom. The summed E-state index contributed by atoms with van der Waals surface area (Å²) in [7, 11) is 0. The Bertz CT molecular complexity index is 988. The summed E-state index contributed by atoms with van der Waals surface area (Å²) in [6, 6.07) is 7.19. The largest absolute Gasteiger partial charge is 0.481 e. The van der Waals surface area contributed by atoms with E-state index in [1.807, 2.05) is 12.1 Å². The minimum absolute atomic E-state index is 0.521. The van der Waals surface area contributed by atoms with Crippen molar-refractivity contribution in [3.63, 3.8) is 0 Å². The second-order valence-corrected chi connectivity index (χ2v) is 7.62. The number of nitrogens with zero attached hydrogens (tertiary/aromatic N) is 2. The predicted molar refractivity (Wildman–Crippen MR) is 108 cm³/mol. The molecule has 0 saturated heterocycles. The highest BCUT2D eigenvalue weighted by Crippen LogP contribution is 2.47. The molecular formula is C20H18FN3O6S. The summed E-state index contributed by atoms with van der Waals surface area (Å²) in [6.07, 6.45) is 0.109. The Morgan fingerprint density at radius 2 is 1.90 bits per heavy atom. The molecule has 1 aliphatic heterocycles. The van der Waals surface area contributed by atoms with Gasteiger partial charge in [-0.1, -0.05) is 23.9 Å². The number of aromatic nitrogens is 1. The number of anilines is 2. The second-order valence-electron chi connectivity index (χ2n) is 6.53. The predicted octanol–water partition coefficient (Wildman–Crippen LogP) is 2.71. The van der Waals surface area contributed by atoms with E-state index >= 15 is 0 Å². The van der Waals surface area contributed by atoms with Crippen LogP contribution < -0.4 is 10.2 Å². The standard InChI is InChI=1S/C20H18FN3O6S/c1-11(19(28)23-12(8-18(26)27)15(25)9-21)30-20(29)24-13-4-2-3-5-16(13)31-17-10-22-7-6-14(17)24/h2-7,10-12H,8-9H2,1H3,(H,23,28)(H,26,27). The molecule has 0 fully saturated rings. The van der Waals surface area contributed by atoms with Crippen molar-refractivity contribution >= 4 is 46.9 Å². The second kappa shape index (κ2) is 9.56. The number of carbonyl (C=O) groups excluding carboxylic acids is 3. The minimum Gasteiger partial charge on any atom is -0.481 e. The van der Waals surface area contributed by atoms with Crippen molar-refractivity contribution in [1.29, 1.82) is 0 Å². The van der Waals surface area contributed by atoms with Gasteiger partial charge in [0, 0.05) is 17.3 Å². The normalized spacial score (nSPS) is 13.9. The number of benzene rings is 1. The molecule has 2 unspecified atom stereocenters. The fourth-order valence-electron chi connectivity index (χ4n) is 2.87. The number of para-hydroxylation sites is 1. The van der Waals surface area contributed by atoms with Gasteiger partial charge >= 0.3 is 12.1 Å². The Hall–Kier alpha value is -3.47. The van der Waals surface area contributed by atoms with Gasteiger partial charge in [0.25, 0.3) is 5.91 Å². The molecule has 2 amide bonds. The fourth-order valence-corrected chi connectivity index (χ4v) is 3.89. The number of carbonyl (C=O) groups is 4. The number of aliphatic carboxylic acids is 1. The summed E-state index contributed by atoms with van der Waals surface area (Å²) in [4.78, 5) is 54.6. The lowest BCUT2D eigenvalue weighted by Crippen LogP contribution is -2.48. The molecule has 0 aliphatic carbocycles. The minimum atomic E-state index is -1.56. The van der Waals surface area contributed by atoms with Crippen molar-refractivity contribution in [2.24, 2.45) is 0 Å². The highest BCUT2D eigenvalue weighted by molar-refractivity contribution is 7.99. The third-order valence-corrected chi connectivity index (χ3v) is 5.47. The summed E-state index contributed by atoms with van der Waals surface area (Å²) in [6.45, 7) is -0.164. The van der Waals surface area contributed by atoms with Gasteiger partial charge in [0.05, 0.1) is 22.7 Å². The van der Waals surface area contributed by atoms with Gasteiger partial charge in [-0.2, -0.15) is 0 Å². The van der Waals surface area contributed by atoms with Crippen molar-refractivity contribution in [2.75, 3.05) is 11.6 Å². The maximum Gasteiger partial charge on any atom is 0.419 e. The van der Waals surface area contributed by atoms with E-state index in [0.29, 0.717) is 16.3 Å². The van der Waals surface area contributed by atoms with E-state index in [-0.39, 0.29) is 0 Å². The number of ketones is 1. The van der Waals surface area contributed by atoms with Crippen LogP contribution in [0.2, 0.25) is 0 Å². The molecule has 1 aromatic carbocycles. The summed E-state index contributed by atoms with van der Waals surface area (Å²) in [5.41, 5.74) is 1.08. The molecule has 2 aromatic rings. The molecule has 162 valence electrons. The van der Waals surface area contributed by atoms with E-state index in [1.165, 1.54) is 29.8 Å². The van der Waals surface area contributed by atoms with Crippen LogP contribution in [0.25, 0.3) is 0 Å². The number of Topliss-reactive ketones (excluding diaryl/α,β-unsaturated/α-hetero) is 1. The van der Waals surface area contributed by atoms with Gasteiger partial charge in [-0.3, -0.25) is 19.4 Å². The molecule has 0 radical (unpaired) electrons. The Kier molecular flexibility index (Phi) is 6.85. The van der Waals surface area contributed by atoms with Crippen LogP contribution in [-0.4, -0.2) is 52.7 Å². The first kappa shape index (κ1) is 22.2. The van der Waals surface area contributed by atoms with Crippen molar-refractivity contribution in [2.45, 2.75) is 35.3 Å². The van der Waals surface area contributed by atoms with Crippen LogP contribution in [-0.2, 0) is 19.1 Å². The smallest absolute Gasteiger partial charge is 0.419 e. The van der Waals surface area contributed by atoms with Gasteiger partial charge in [-0.25, -0.2) is 14.1 Å². The average Bonchev–Trinajstić information content (AvgIpc) is 2.75. The fraction of sp³-hybridized carbons (Fsp3) is 0.250. The summed E-state index contributed by atoms with van der Waals surface area (Å²) < 4.78 is 18.0. The lowest BCUT2D eigenvalue weighted by Gasteiger charge is -2.30. The first-order valence-electron chi connectivity index (χ1n) is 9.14. The quantitative estimate of drug-likeness (QED) is 0.664. The zero-order valence-corrected chi connectivity index (χ0v) is 17.1. The maximum absolute atomic E-state index is 13.0. The molecule has 3 rings (SSSR count). The molecule has 11 heteroatoms. The van der Waals surface area contributed by atoms with E-state index in [0.717, 1.165) is 4.90 Å². The molecule has 1 aliphatic rings. The molecule has 2 N–H and O–H groups in total. The summed E-state index contributed by atoms with van der Waals surface area (Å²) in [5, 5.41) is 11.0. The lowest BCUT2D eigenvalue weighted by molar-refractivity contribution is -0.141.